The molecule has 0 radical (unpaired) electrons. The normalized spacial score (nSPS) is 4.80. The minimum Gasteiger partial charge on any atom is -0.352 e. The van der Waals surface area contributed by atoms with Crippen LogP contribution in [0.1, 0.15) is 0 Å². The fourth-order valence-corrected chi connectivity index (χ4v) is 0. The summed E-state index contributed by atoms with van der Waals surface area (Å²) in [5, 5.41) is 0. The molecule has 0 bridgehead atoms. The third kappa shape index (κ3) is 63500. The van der Waals surface area contributed by atoms with E-state index in [1.165, 1.54) is 0 Å². The Morgan fingerprint density at radius 3 is 1.40 bits per heavy atom. The summed E-state index contributed by atoms with van der Waals surface area (Å²) < 4.78 is 0. The van der Waals surface area contributed by atoms with Crippen molar-refractivity contribution in [3.8, 4) is 0 Å². The van der Waals surface area contributed by atoms with E-state index in [-0.39, 0.29) is 21.7 Å². The van der Waals surface area contributed by atoms with Gasteiger partial charge in [0.15, 0.2) is 0 Å². The standard InChI is InChI=1S/CH4N2O.Ti/c2-1(3)4;/h(H4,2,3,4);/q;+2. The number of carbonyl (C=O) groups excluding carboxylic acids is 1. The van der Waals surface area contributed by atoms with Crippen LogP contribution >= 0.6 is 0 Å². The van der Waals surface area contributed by atoms with Crippen molar-refractivity contribution in [3.63, 3.8) is 0 Å². The maximum absolute atomic E-state index is 9.00. The Morgan fingerprint density at radius 2 is 1.40 bits per heavy atom. The summed E-state index contributed by atoms with van der Waals surface area (Å²) >= 11 is 0. The molecule has 0 aliphatic rings. The summed E-state index contributed by atoms with van der Waals surface area (Å²) in [6, 6.07) is -0.833. The summed E-state index contributed by atoms with van der Waals surface area (Å²) in [5.41, 5.74) is 8.50. The van der Waals surface area contributed by atoms with Crippen LogP contribution in [0.25, 0.3) is 0 Å². The van der Waals surface area contributed by atoms with Gasteiger partial charge in [0.05, 0.1) is 0 Å². The number of rotatable bonds is 0. The van der Waals surface area contributed by atoms with Crippen LogP contribution in [0, 0.1) is 0 Å². The molecule has 4 N–H and O–H groups in total. The van der Waals surface area contributed by atoms with E-state index >= 15 is 0 Å². The molecule has 0 aromatic heterocycles. The molecule has 0 saturated carbocycles. The van der Waals surface area contributed by atoms with E-state index in [1.807, 2.05) is 0 Å². The number of carbonyl (C=O) groups is 1. The Morgan fingerprint density at radius 1 is 1.40 bits per heavy atom. The number of primary amides is 2. The Balaban J connectivity index is 0. The number of hydrogen-bond acceptors (Lipinski definition) is 1. The van der Waals surface area contributed by atoms with E-state index in [9.17, 15) is 0 Å². The molecule has 0 aliphatic carbocycles. The second-order valence-corrected chi connectivity index (χ2v) is 0.402. The second kappa shape index (κ2) is 3.98. The van der Waals surface area contributed by atoms with Gasteiger partial charge >= 0.3 is 27.7 Å². The largest absolute Gasteiger partial charge is 2.00 e. The van der Waals surface area contributed by atoms with Gasteiger partial charge in [0.25, 0.3) is 0 Å². The summed E-state index contributed by atoms with van der Waals surface area (Å²) in [7, 11) is 0. The SMILES string of the molecule is NC(N)=O.[Ti+2]. The number of nitrogens with two attached hydrogens (primary N) is 2. The molecule has 5 heavy (non-hydrogen) atoms. The van der Waals surface area contributed by atoms with Crippen molar-refractivity contribution >= 4 is 6.03 Å². The van der Waals surface area contributed by atoms with Crippen molar-refractivity contribution in [1.82, 2.24) is 0 Å². The van der Waals surface area contributed by atoms with Crippen molar-refractivity contribution in [2.24, 2.45) is 11.5 Å². The zero-order valence-electron chi connectivity index (χ0n) is 2.56. The smallest absolute Gasteiger partial charge is 0.352 e. The summed E-state index contributed by atoms with van der Waals surface area (Å²) in [6.07, 6.45) is 0. The topological polar surface area (TPSA) is 69.1 Å². The minimum atomic E-state index is -0.833. The molecule has 0 aliphatic heterocycles. The van der Waals surface area contributed by atoms with Gasteiger partial charge in [-0.25, -0.2) is 4.79 Å². The number of hydrogen-bond donors (Lipinski definition) is 2. The Kier molecular flexibility index (Phi) is 7.08. The van der Waals surface area contributed by atoms with Crippen LogP contribution < -0.4 is 11.5 Å². The third-order valence-corrected chi connectivity index (χ3v) is 0. The van der Waals surface area contributed by atoms with E-state index < -0.39 is 6.03 Å². The van der Waals surface area contributed by atoms with Gasteiger partial charge in [0, 0.05) is 0 Å². The van der Waals surface area contributed by atoms with Gasteiger partial charge in [-0.1, -0.05) is 0 Å². The fraction of sp³-hybridized carbons (Fsp3) is 0. The number of amides is 2. The van der Waals surface area contributed by atoms with E-state index in [0.717, 1.165) is 0 Å². The molecule has 0 spiro atoms. The van der Waals surface area contributed by atoms with Crippen LogP contribution in [0.3, 0.4) is 0 Å². The van der Waals surface area contributed by atoms with Crippen molar-refractivity contribution in [3.05, 3.63) is 0 Å². The van der Waals surface area contributed by atoms with E-state index in [4.69, 9.17) is 4.79 Å². The Hall–Kier alpha value is -0.0157. The molecular formula is CH4N2OTi+2. The van der Waals surface area contributed by atoms with Gasteiger partial charge in [0.2, 0.25) is 0 Å². The minimum absolute atomic E-state index is 0. The van der Waals surface area contributed by atoms with E-state index in [1.54, 1.807) is 0 Å². The molecule has 0 aromatic rings. The summed E-state index contributed by atoms with van der Waals surface area (Å²) in [6.45, 7) is 0. The van der Waals surface area contributed by atoms with Gasteiger partial charge in [0.1, 0.15) is 0 Å². The molecule has 26 valence electrons. The maximum atomic E-state index is 9.00. The summed E-state index contributed by atoms with van der Waals surface area (Å²) in [5.74, 6) is 0. The zero-order valence-corrected chi connectivity index (χ0v) is 4.12. The predicted octanol–water partition coefficient (Wildman–Crippen LogP) is -0.979. The van der Waals surface area contributed by atoms with Crippen LogP contribution in [-0.4, -0.2) is 6.03 Å². The molecule has 0 unspecified atom stereocenters. The predicted molar refractivity (Wildman–Crippen MR) is 13.8 cm³/mol. The molecule has 0 aromatic carbocycles. The molecule has 4 heteroatoms. The summed E-state index contributed by atoms with van der Waals surface area (Å²) in [4.78, 5) is 9.00. The van der Waals surface area contributed by atoms with Crippen LogP contribution in [0.5, 0.6) is 0 Å². The molecule has 3 nitrogen and oxygen atoms in total. The van der Waals surface area contributed by atoms with Crippen LogP contribution in [-0.2, 0) is 21.7 Å². The Bertz CT molecular complexity index is 32.6. The molecule has 0 saturated heterocycles. The van der Waals surface area contributed by atoms with Gasteiger partial charge < -0.3 is 11.5 Å². The average Bonchev–Trinajstić information content (AvgIpc) is 0.811. The first kappa shape index (κ1) is 8.88. The first-order valence-electron chi connectivity index (χ1n) is 0.781. The van der Waals surface area contributed by atoms with Crippen molar-refractivity contribution in [2.75, 3.05) is 0 Å². The second-order valence-electron chi connectivity index (χ2n) is 0.402. The van der Waals surface area contributed by atoms with E-state index in [2.05, 4.69) is 11.5 Å². The van der Waals surface area contributed by atoms with Gasteiger partial charge in [-0.3, -0.25) is 0 Å². The van der Waals surface area contributed by atoms with Crippen molar-refractivity contribution in [2.45, 2.75) is 0 Å². The van der Waals surface area contributed by atoms with Gasteiger partial charge in [-0.05, 0) is 0 Å². The fourth-order valence-electron chi connectivity index (χ4n) is 0. The Labute approximate surface area is 44.6 Å². The molecule has 0 heterocycles. The monoisotopic (exact) mass is 108 g/mol. The van der Waals surface area contributed by atoms with Crippen molar-refractivity contribution < 1.29 is 26.5 Å². The van der Waals surface area contributed by atoms with Gasteiger partial charge in [-0.2, -0.15) is 0 Å². The van der Waals surface area contributed by atoms with Crippen LogP contribution in [0.2, 0.25) is 0 Å². The number of urea groups is 1. The molecule has 0 rings (SSSR count). The first-order valence-corrected chi connectivity index (χ1v) is 0.781. The van der Waals surface area contributed by atoms with Gasteiger partial charge in [-0.15, -0.1) is 0 Å². The first-order chi connectivity index (χ1) is 1.73. The van der Waals surface area contributed by atoms with E-state index in [0.29, 0.717) is 0 Å². The zero-order chi connectivity index (χ0) is 3.58. The molecule has 0 atom stereocenters. The average molecular weight is 108 g/mol. The van der Waals surface area contributed by atoms with Crippen LogP contribution in [0.4, 0.5) is 4.79 Å². The van der Waals surface area contributed by atoms with Crippen molar-refractivity contribution in [1.29, 1.82) is 0 Å². The molecular weight excluding hydrogens is 104 g/mol. The van der Waals surface area contributed by atoms with Crippen LogP contribution in [0.15, 0.2) is 0 Å². The quantitative estimate of drug-likeness (QED) is 0.384. The maximum Gasteiger partial charge on any atom is 2.00 e. The molecule has 0 fully saturated rings. The third-order valence-electron chi connectivity index (χ3n) is 0. The molecule has 2 amide bonds.